The number of likely N-dealkylation sites (tertiary alicyclic amines) is 1. The maximum atomic E-state index is 14.6. The standard InChI is InChI=1S/C34H39ClN2O8S/c1-32(2,3)45-31(42)36-18-14-26(15-19-36)28-21-34(28,30(40)41)37(22-23-8-7-11-27(20-23)29(38)39)46(43,44)33(35)16-12-25(13-17-33)24-9-5-4-6-10-24/h4-13,16,20,26,28H,14-15,17-19,21-22H2,1-3H3,(H,38,39)(H,40,41)/t28-,33?,34+/m1/s1. The van der Waals surface area contributed by atoms with Crippen molar-refractivity contribution in [3.05, 3.63) is 89.5 Å². The number of amides is 1. The van der Waals surface area contributed by atoms with Gasteiger partial charge in [-0.05, 0) is 86.8 Å². The second-order valence-electron chi connectivity index (χ2n) is 13.2. The quantitative estimate of drug-likeness (QED) is 0.310. The highest BCUT2D eigenvalue weighted by Gasteiger charge is 2.70. The number of sulfonamides is 1. The Balaban J connectivity index is 1.46. The molecule has 2 aromatic rings. The van der Waals surface area contributed by atoms with E-state index in [2.05, 4.69) is 0 Å². The van der Waals surface area contributed by atoms with E-state index >= 15 is 0 Å². The van der Waals surface area contributed by atoms with Gasteiger partial charge in [0.15, 0.2) is 4.21 Å². The topological polar surface area (TPSA) is 142 Å². The molecule has 12 heteroatoms. The molecule has 3 aliphatic rings. The Morgan fingerprint density at radius 2 is 1.72 bits per heavy atom. The molecule has 2 aliphatic carbocycles. The number of piperidine rings is 1. The zero-order valence-corrected chi connectivity index (χ0v) is 27.6. The van der Waals surface area contributed by atoms with Crippen LogP contribution in [0.2, 0.25) is 0 Å². The molecule has 2 aromatic carbocycles. The van der Waals surface area contributed by atoms with Gasteiger partial charge in [-0.3, -0.25) is 4.79 Å². The highest BCUT2D eigenvalue weighted by Crippen LogP contribution is 2.58. The van der Waals surface area contributed by atoms with Gasteiger partial charge < -0.3 is 19.8 Å². The Kier molecular flexibility index (Phi) is 9.15. The van der Waals surface area contributed by atoms with E-state index in [-0.39, 0.29) is 30.9 Å². The van der Waals surface area contributed by atoms with Crippen LogP contribution in [0, 0.1) is 11.8 Å². The lowest BCUT2D eigenvalue weighted by molar-refractivity contribution is -0.144. The number of carboxylic acids is 2. The molecule has 5 rings (SSSR count). The van der Waals surface area contributed by atoms with Gasteiger partial charge in [-0.15, -0.1) is 0 Å². The van der Waals surface area contributed by atoms with Crippen LogP contribution in [0.3, 0.4) is 0 Å². The number of hydrogen-bond donors (Lipinski definition) is 2. The Morgan fingerprint density at radius 3 is 2.28 bits per heavy atom. The second kappa shape index (κ2) is 12.5. The number of halogens is 1. The molecule has 46 heavy (non-hydrogen) atoms. The van der Waals surface area contributed by atoms with Crippen molar-refractivity contribution >= 4 is 45.2 Å². The molecule has 1 saturated carbocycles. The first-order valence-corrected chi connectivity index (χ1v) is 17.1. The predicted molar refractivity (Wildman–Crippen MR) is 174 cm³/mol. The third kappa shape index (κ3) is 6.59. The fraction of sp³-hybridized carbons (Fsp3) is 0.441. The first-order valence-electron chi connectivity index (χ1n) is 15.3. The normalized spacial score (nSPS) is 25.2. The zero-order valence-electron chi connectivity index (χ0n) is 26.1. The van der Waals surface area contributed by atoms with Gasteiger partial charge in [-0.25, -0.2) is 18.0 Å². The molecule has 1 saturated heterocycles. The number of rotatable bonds is 9. The van der Waals surface area contributed by atoms with Crippen molar-refractivity contribution in [1.82, 2.24) is 9.21 Å². The lowest BCUT2D eigenvalue weighted by Crippen LogP contribution is -2.54. The van der Waals surface area contributed by atoms with E-state index in [9.17, 15) is 33.0 Å². The number of alkyl halides is 1. The second-order valence-corrected chi connectivity index (χ2v) is 16.2. The van der Waals surface area contributed by atoms with Crippen LogP contribution in [0.15, 0.2) is 72.8 Å². The van der Waals surface area contributed by atoms with Crippen molar-refractivity contribution < 1.29 is 37.8 Å². The molecular weight excluding hydrogens is 632 g/mol. The van der Waals surface area contributed by atoms with E-state index in [1.807, 2.05) is 30.3 Å². The lowest BCUT2D eigenvalue weighted by Gasteiger charge is -2.38. The number of benzene rings is 2. The van der Waals surface area contributed by atoms with Crippen molar-refractivity contribution in [1.29, 1.82) is 0 Å². The van der Waals surface area contributed by atoms with Gasteiger partial charge in [0.1, 0.15) is 11.1 Å². The monoisotopic (exact) mass is 670 g/mol. The Morgan fingerprint density at radius 1 is 1.04 bits per heavy atom. The average Bonchev–Trinajstić information content (AvgIpc) is 3.77. The molecule has 0 radical (unpaired) electrons. The number of allylic oxidation sites excluding steroid dienone is 3. The molecule has 246 valence electrons. The van der Waals surface area contributed by atoms with Crippen LogP contribution in [-0.4, -0.2) is 74.3 Å². The summed E-state index contributed by atoms with van der Waals surface area (Å²) in [5.41, 5.74) is -0.487. The molecule has 1 unspecified atom stereocenters. The van der Waals surface area contributed by atoms with E-state index in [4.69, 9.17) is 16.3 Å². The van der Waals surface area contributed by atoms with Crippen molar-refractivity contribution in [2.45, 2.75) is 68.3 Å². The van der Waals surface area contributed by atoms with Crippen LogP contribution in [0.5, 0.6) is 0 Å². The summed E-state index contributed by atoms with van der Waals surface area (Å²) in [6, 6.07) is 15.2. The van der Waals surface area contributed by atoms with Gasteiger partial charge in [0.05, 0.1) is 5.56 Å². The number of nitrogens with zero attached hydrogens (tertiary/aromatic N) is 2. The minimum Gasteiger partial charge on any atom is -0.480 e. The molecule has 0 spiro atoms. The number of carboxylic acid groups (broad SMARTS) is 2. The van der Waals surface area contributed by atoms with Gasteiger partial charge in [-0.2, -0.15) is 4.31 Å². The fourth-order valence-electron chi connectivity index (χ4n) is 6.51. The highest BCUT2D eigenvalue weighted by atomic mass is 35.5. The maximum absolute atomic E-state index is 14.6. The minimum absolute atomic E-state index is 0.0466. The Labute approximate surface area is 274 Å². The number of carbonyl (C=O) groups excluding carboxylic acids is 1. The molecule has 0 aromatic heterocycles. The summed E-state index contributed by atoms with van der Waals surface area (Å²) in [5.74, 6) is -3.18. The number of aromatic carboxylic acids is 1. The highest BCUT2D eigenvalue weighted by molar-refractivity contribution is 7.92. The first kappa shape index (κ1) is 33.7. The summed E-state index contributed by atoms with van der Waals surface area (Å²) in [6.07, 6.45) is 5.26. The third-order valence-corrected chi connectivity index (χ3v) is 12.1. The number of aliphatic carboxylic acids is 1. The Hall–Kier alpha value is -3.67. The smallest absolute Gasteiger partial charge is 0.410 e. The van der Waals surface area contributed by atoms with Gasteiger partial charge in [-0.1, -0.05) is 66.2 Å². The number of ether oxygens (including phenoxy) is 1. The van der Waals surface area contributed by atoms with Crippen molar-refractivity contribution in [3.8, 4) is 0 Å². The molecule has 0 bridgehead atoms. The molecule has 1 heterocycles. The van der Waals surface area contributed by atoms with Crippen LogP contribution in [0.1, 0.15) is 67.9 Å². The van der Waals surface area contributed by atoms with Gasteiger partial charge >= 0.3 is 18.0 Å². The predicted octanol–water partition coefficient (Wildman–Crippen LogP) is 5.99. The summed E-state index contributed by atoms with van der Waals surface area (Å²) < 4.78 is 33.8. The van der Waals surface area contributed by atoms with Crippen LogP contribution < -0.4 is 0 Å². The van der Waals surface area contributed by atoms with E-state index in [1.165, 1.54) is 24.3 Å². The zero-order chi connectivity index (χ0) is 33.5. The molecular formula is C34H39ClN2O8S. The largest absolute Gasteiger partial charge is 0.480 e. The molecule has 1 amide bonds. The molecule has 2 fully saturated rings. The van der Waals surface area contributed by atoms with Crippen molar-refractivity contribution in [2.75, 3.05) is 13.1 Å². The SMILES string of the molecule is CC(C)(C)OC(=O)N1CCC([C@H]2C[C@]2(C(=O)O)N(Cc2cccc(C(=O)O)c2)S(=O)(=O)C2(Cl)C=CC(c3ccccc3)=CC2)CC1. The van der Waals surface area contributed by atoms with Crippen molar-refractivity contribution in [2.24, 2.45) is 11.8 Å². The number of carbonyl (C=O) groups is 3. The van der Waals surface area contributed by atoms with Crippen LogP contribution in [0.25, 0.3) is 5.57 Å². The average molecular weight is 671 g/mol. The molecule has 2 N–H and O–H groups in total. The lowest BCUT2D eigenvalue weighted by atomic mass is 9.89. The van der Waals surface area contributed by atoms with Crippen LogP contribution in [0.4, 0.5) is 4.79 Å². The van der Waals surface area contributed by atoms with E-state index < -0.39 is 49.3 Å². The maximum Gasteiger partial charge on any atom is 0.410 e. The number of hydrogen-bond acceptors (Lipinski definition) is 6. The first-order chi connectivity index (χ1) is 21.6. The third-order valence-electron chi connectivity index (χ3n) is 9.00. The van der Waals surface area contributed by atoms with E-state index in [0.29, 0.717) is 31.5 Å². The van der Waals surface area contributed by atoms with Gasteiger partial charge in [0, 0.05) is 26.1 Å². The van der Waals surface area contributed by atoms with Crippen molar-refractivity contribution in [3.63, 3.8) is 0 Å². The fourth-order valence-corrected chi connectivity index (χ4v) is 8.84. The summed E-state index contributed by atoms with van der Waals surface area (Å²) in [6.45, 7) is 5.69. The van der Waals surface area contributed by atoms with Crippen LogP contribution in [-0.2, 0) is 26.1 Å². The Bertz CT molecular complexity index is 1680. The molecule has 10 nitrogen and oxygen atoms in total. The van der Waals surface area contributed by atoms with E-state index in [1.54, 1.807) is 43.9 Å². The summed E-state index contributed by atoms with van der Waals surface area (Å²) >= 11 is 6.93. The minimum atomic E-state index is -4.56. The van der Waals surface area contributed by atoms with Gasteiger partial charge in [0.25, 0.3) is 0 Å². The van der Waals surface area contributed by atoms with Crippen LogP contribution >= 0.6 is 11.6 Å². The van der Waals surface area contributed by atoms with E-state index in [0.717, 1.165) is 15.4 Å². The summed E-state index contributed by atoms with van der Waals surface area (Å²) in [5, 5.41) is 20.3. The van der Waals surface area contributed by atoms with Gasteiger partial charge in [0.2, 0.25) is 10.0 Å². The molecule has 1 aliphatic heterocycles. The summed E-state index contributed by atoms with van der Waals surface area (Å²) in [7, 11) is -4.56. The summed E-state index contributed by atoms with van der Waals surface area (Å²) in [4.78, 5) is 39.1. The molecule has 3 atom stereocenters.